The highest BCUT2D eigenvalue weighted by atomic mass is 28.3. The van der Waals surface area contributed by atoms with Gasteiger partial charge < -0.3 is 4.74 Å². The van der Waals surface area contributed by atoms with E-state index in [9.17, 15) is 0 Å². The zero-order chi connectivity index (χ0) is 12.0. The van der Waals surface area contributed by atoms with Crippen molar-refractivity contribution in [2.45, 2.75) is 19.6 Å². The first-order chi connectivity index (χ1) is 7.51. The van der Waals surface area contributed by atoms with E-state index in [1.165, 1.54) is 0 Å². The molecule has 1 nitrogen and oxygen atoms in total. The monoisotopic (exact) mass is 230 g/mol. The molecule has 1 aromatic rings. The highest BCUT2D eigenvalue weighted by molar-refractivity contribution is 6.83. The lowest BCUT2D eigenvalue weighted by atomic mass is 10.2. The molecule has 0 saturated heterocycles. The Balaban J connectivity index is 2.48. The van der Waals surface area contributed by atoms with E-state index in [4.69, 9.17) is 4.74 Å². The van der Waals surface area contributed by atoms with E-state index in [1.807, 2.05) is 30.3 Å². The van der Waals surface area contributed by atoms with Gasteiger partial charge in [-0.1, -0.05) is 50.3 Å². The summed E-state index contributed by atoms with van der Waals surface area (Å²) in [7, 11) is -1.26. The largest absolute Gasteiger partial charge is 0.481 e. The summed E-state index contributed by atoms with van der Waals surface area (Å²) in [5, 5.41) is 0. The third-order valence-corrected chi connectivity index (χ3v) is 2.82. The fourth-order valence-electron chi connectivity index (χ4n) is 1.12. The van der Waals surface area contributed by atoms with Crippen molar-refractivity contribution in [2.75, 3.05) is 6.61 Å². The Hall–Kier alpha value is -1.46. The average molecular weight is 230 g/mol. The summed E-state index contributed by atoms with van der Waals surface area (Å²) in [5.41, 5.74) is 4.36. The van der Waals surface area contributed by atoms with Gasteiger partial charge in [0.05, 0.1) is 0 Å². The second-order valence-electron chi connectivity index (χ2n) is 4.61. The summed E-state index contributed by atoms with van der Waals surface area (Å²) in [6, 6.07) is 7.84. The quantitative estimate of drug-likeness (QED) is 0.569. The van der Waals surface area contributed by atoms with E-state index >= 15 is 0 Å². The lowest BCUT2D eigenvalue weighted by Crippen LogP contribution is -2.16. The molecule has 0 aromatic heterocycles. The Morgan fingerprint density at radius 1 is 1.25 bits per heavy atom. The van der Waals surface area contributed by atoms with Crippen molar-refractivity contribution in [3.63, 3.8) is 0 Å². The summed E-state index contributed by atoms with van der Waals surface area (Å²) in [4.78, 5) is 0. The molecule has 16 heavy (non-hydrogen) atoms. The van der Waals surface area contributed by atoms with Crippen LogP contribution < -0.4 is 4.74 Å². The van der Waals surface area contributed by atoms with E-state index in [-0.39, 0.29) is 0 Å². The summed E-state index contributed by atoms with van der Waals surface area (Å²) in [5.74, 6) is 3.93. The normalized spacial score (nSPS) is 10.2. The van der Waals surface area contributed by atoms with Crippen LogP contribution in [-0.4, -0.2) is 14.7 Å². The van der Waals surface area contributed by atoms with Crippen molar-refractivity contribution in [2.24, 2.45) is 0 Å². The molecule has 0 fully saturated rings. The van der Waals surface area contributed by atoms with Crippen LogP contribution >= 0.6 is 0 Å². The molecule has 2 heteroatoms. The van der Waals surface area contributed by atoms with Gasteiger partial charge in [-0.25, -0.2) is 0 Å². The molecule has 0 amide bonds. The highest BCUT2D eigenvalue weighted by Gasteiger charge is 2.06. The molecule has 0 heterocycles. The van der Waals surface area contributed by atoms with Crippen molar-refractivity contribution in [1.82, 2.24) is 0 Å². The Bertz CT molecular complexity index is 401. The first-order valence-electron chi connectivity index (χ1n) is 5.36. The molecule has 84 valence electrons. The Morgan fingerprint density at radius 3 is 2.38 bits per heavy atom. The molecule has 0 bridgehead atoms. The van der Waals surface area contributed by atoms with Crippen LogP contribution in [0.2, 0.25) is 19.6 Å². The molecular weight excluding hydrogens is 212 g/mol. The van der Waals surface area contributed by atoms with Gasteiger partial charge >= 0.3 is 0 Å². The van der Waals surface area contributed by atoms with Crippen LogP contribution in [0.1, 0.15) is 5.56 Å². The minimum atomic E-state index is -1.26. The van der Waals surface area contributed by atoms with Crippen molar-refractivity contribution < 1.29 is 4.74 Å². The highest BCUT2D eigenvalue weighted by Crippen LogP contribution is 2.12. The van der Waals surface area contributed by atoms with Crippen molar-refractivity contribution in [1.29, 1.82) is 0 Å². The fourth-order valence-corrected chi connectivity index (χ4v) is 1.72. The van der Waals surface area contributed by atoms with Crippen LogP contribution in [-0.2, 0) is 0 Å². The molecule has 1 aromatic carbocycles. The molecule has 1 rings (SSSR count). The molecule has 0 unspecified atom stereocenters. The minimum absolute atomic E-state index is 0.470. The molecule has 0 aliphatic carbocycles. The maximum Gasteiger partial charge on any atom is 0.148 e. The summed E-state index contributed by atoms with van der Waals surface area (Å²) < 4.78 is 5.52. The lowest BCUT2D eigenvalue weighted by Gasteiger charge is -2.05. The van der Waals surface area contributed by atoms with Gasteiger partial charge in [0.15, 0.2) is 0 Å². The van der Waals surface area contributed by atoms with Gasteiger partial charge in [0, 0.05) is 0 Å². The van der Waals surface area contributed by atoms with E-state index in [0.29, 0.717) is 6.61 Å². The van der Waals surface area contributed by atoms with Crippen molar-refractivity contribution >= 4 is 14.1 Å². The second kappa shape index (κ2) is 5.57. The average Bonchev–Trinajstić information content (AvgIpc) is 2.24. The van der Waals surface area contributed by atoms with Crippen LogP contribution in [0.15, 0.2) is 30.8 Å². The van der Waals surface area contributed by atoms with Crippen LogP contribution in [0, 0.1) is 11.5 Å². The predicted octanol–water partition coefficient (Wildman–Crippen LogP) is 3.59. The second-order valence-corrected chi connectivity index (χ2v) is 9.36. The first kappa shape index (κ1) is 12.6. The molecule has 0 aliphatic rings. The molecule has 0 spiro atoms. The smallest absolute Gasteiger partial charge is 0.148 e. The molecule has 0 aliphatic heterocycles. The van der Waals surface area contributed by atoms with E-state index in [0.717, 1.165) is 11.3 Å². The minimum Gasteiger partial charge on any atom is -0.481 e. The number of hydrogen-bond acceptors (Lipinski definition) is 1. The van der Waals surface area contributed by atoms with Crippen LogP contribution in [0.5, 0.6) is 5.75 Å². The molecular formula is C14H18OSi. The van der Waals surface area contributed by atoms with Crippen molar-refractivity contribution in [3.8, 4) is 17.2 Å². The van der Waals surface area contributed by atoms with Gasteiger partial charge in [-0.2, -0.15) is 0 Å². The van der Waals surface area contributed by atoms with Gasteiger partial charge in [0.2, 0.25) is 0 Å². The Morgan fingerprint density at radius 2 is 1.88 bits per heavy atom. The predicted molar refractivity (Wildman–Crippen MR) is 73.2 cm³/mol. The number of hydrogen-bond donors (Lipinski definition) is 0. The molecule has 0 saturated carbocycles. The Kier molecular flexibility index (Phi) is 4.39. The molecule has 0 N–H and O–H groups in total. The maximum absolute atomic E-state index is 5.52. The third kappa shape index (κ3) is 4.86. The zero-order valence-electron chi connectivity index (χ0n) is 10.2. The Labute approximate surface area is 99.2 Å². The van der Waals surface area contributed by atoms with Crippen LogP contribution in [0.3, 0.4) is 0 Å². The lowest BCUT2D eigenvalue weighted by molar-refractivity contribution is 0.370. The zero-order valence-corrected chi connectivity index (χ0v) is 11.2. The van der Waals surface area contributed by atoms with Gasteiger partial charge in [0.1, 0.15) is 20.4 Å². The van der Waals surface area contributed by atoms with Gasteiger partial charge in [0.25, 0.3) is 0 Å². The van der Waals surface area contributed by atoms with Gasteiger partial charge in [-0.3, -0.25) is 0 Å². The van der Waals surface area contributed by atoms with Crippen LogP contribution in [0.4, 0.5) is 0 Å². The number of rotatable bonds is 3. The third-order valence-electron chi connectivity index (χ3n) is 1.89. The van der Waals surface area contributed by atoms with Gasteiger partial charge in [-0.05, 0) is 17.7 Å². The SMILES string of the molecule is C=Cc1ccc(OCC#C[Si](C)(C)C)cc1. The first-order valence-corrected chi connectivity index (χ1v) is 8.86. The topological polar surface area (TPSA) is 9.23 Å². The maximum atomic E-state index is 5.52. The molecule has 0 radical (unpaired) electrons. The molecule has 0 atom stereocenters. The van der Waals surface area contributed by atoms with E-state index < -0.39 is 8.07 Å². The van der Waals surface area contributed by atoms with Crippen molar-refractivity contribution in [3.05, 3.63) is 36.4 Å². The van der Waals surface area contributed by atoms with Crippen LogP contribution in [0.25, 0.3) is 6.08 Å². The summed E-state index contributed by atoms with van der Waals surface area (Å²) in [6.07, 6.45) is 1.81. The standard InChI is InChI=1S/C14H18OSi/c1-5-13-7-9-14(10-8-13)15-11-6-12-16(2,3)4/h5,7-10H,1,11H2,2-4H3. The summed E-state index contributed by atoms with van der Waals surface area (Å²) >= 11 is 0. The summed E-state index contributed by atoms with van der Waals surface area (Å²) in [6.45, 7) is 10.8. The van der Waals surface area contributed by atoms with Gasteiger partial charge in [-0.15, -0.1) is 5.54 Å². The fraction of sp³-hybridized carbons (Fsp3) is 0.286. The van der Waals surface area contributed by atoms with E-state index in [1.54, 1.807) is 0 Å². The number of ether oxygens (including phenoxy) is 1. The van der Waals surface area contributed by atoms with E-state index in [2.05, 4.69) is 37.7 Å². The number of benzene rings is 1.